The van der Waals surface area contributed by atoms with Crippen LogP contribution >= 0.6 is 0 Å². The lowest BCUT2D eigenvalue weighted by Crippen LogP contribution is -2.48. The fraction of sp³-hybridized carbons (Fsp3) is 0.917. The predicted molar refractivity (Wildman–Crippen MR) is 70.0 cm³/mol. The van der Waals surface area contributed by atoms with Crippen LogP contribution < -0.4 is 5.32 Å². The summed E-state index contributed by atoms with van der Waals surface area (Å²) in [6.07, 6.45) is 2.75. The normalized spacial score (nSPS) is 26.8. The van der Waals surface area contributed by atoms with Gasteiger partial charge in [-0.15, -0.1) is 0 Å². The summed E-state index contributed by atoms with van der Waals surface area (Å²) in [5.41, 5.74) is 0. The molecule has 18 heavy (non-hydrogen) atoms. The minimum atomic E-state index is -2.95. The van der Waals surface area contributed by atoms with Gasteiger partial charge in [0.15, 0.2) is 9.84 Å². The van der Waals surface area contributed by atoms with E-state index in [4.69, 9.17) is 0 Å². The maximum Gasteiger partial charge on any atom is 0.224 e. The Morgan fingerprint density at radius 3 is 2.67 bits per heavy atom. The van der Waals surface area contributed by atoms with E-state index in [0.717, 1.165) is 13.1 Å². The number of hydrogen-bond acceptors (Lipinski definition) is 4. The molecule has 1 N–H and O–H groups in total. The molecule has 2 aliphatic rings. The molecule has 2 rings (SSSR count). The summed E-state index contributed by atoms with van der Waals surface area (Å²) in [5.74, 6) is 1.05. The lowest BCUT2D eigenvalue weighted by atomic mass is 10.2. The molecule has 0 aromatic rings. The van der Waals surface area contributed by atoms with Crippen molar-refractivity contribution >= 4 is 15.7 Å². The first-order valence-electron chi connectivity index (χ1n) is 6.72. The second-order valence-corrected chi connectivity index (χ2v) is 7.57. The van der Waals surface area contributed by atoms with Crippen LogP contribution in [-0.4, -0.2) is 56.4 Å². The van der Waals surface area contributed by atoms with Gasteiger partial charge in [-0.25, -0.2) is 8.42 Å². The van der Waals surface area contributed by atoms with E-state index >= 15 is 0 Å². The zero-order valence-corrected chi connectivity index (χ0v) is 11.7. The Kier molecular flexibility index (Phi) is 4.27. The van der Waals surface area contributed by atoms with E-state index in [1.807, 2.05) is 11.8 Å². The third-order valence-electron chi connectivity index (χ3n) is 3.63. The number of nitrogens with one attached hydrogen (secondary N) is 1. The molecule has 1 amide bonds. The van der Waals surface area contributed by atoms with Crippen LogP contribution in [0.25, 0.3) is 0 Å². The second-order valence-electron chi connectivity index (χ2n) is 5.35. The fourth-order valence-electron chi connectivity index (χ4n) is 2.36. The van der Waals surface area contributed by atoms with Crippen LogP contribution in [0.15, 0.2) is 0 Å². The Labute approximate surface area is 109 Å². The molecule has 2 fully saturated rings. The molecule has 5 nitrogen and oxygen atoms in total. The van der Waals surface area contributed by atoms with Crippen LogP contribution in [0.1, 0.15) is 26.2 Å². The lowest BCUT2D eigenvalue weighted by Gasteiger charge is -2.27. The van der Waals surface area contributed by atoms with Crippen molar-refractivity contribution in [3.05, 3.63) is 0 Å². The van der Waals surface area contributed by atoms with Gasteiger partial charge >= 0.3 is 0 Å². The largest absolute Gasteiger partial charge is 0.343 e. The highest BCUT2D eigenvalue weighted by atomic mass is 32.2. The van der Waals surface area contributed by atoms with Gasteiger partial charge in [0.1, 0.15) is 0 Å². The fourth-order valence-corrected chi connectivity index (χ4v) is 3.80. The number of hydrogen-bond donors (Lipinski definition) is 1. The molecule has 0 radical (unpaired) electrons. The van der Waals surface area contributed by atoms with Crippen molar-refractivity contribution in [2.45, 2.75) is 32.2 Å². The second kappa shape index (κ2) is 5.57. The Bertz CT molecular complexity index is 404. The number of rotatable bonds is 5. The van der Waals surface area contributed by atoms with Crippen molar-refractivity contribution in [3.8, 4) is 0 Å². The molecule has 1 aliphatic heterocycles. The number of carbonyl (C=O) groups excluding carboxylic acids is 1. The van der Waals surface area contributed by atoms with Gasteiger partial charge in [-0.1, -0.05) is 0 Å². The standard InChI is InChI=1S/C12H22N2O3S/c1-2-14(8-10-3-4-10)12(15)7-11-9-18(16,17)6-5-13-11/h10-11,13H,2-9H2,1H3. The van der Waals surface area contributed by atoms with Gasteiger partial charge < -0.3 is 10.2 Å². The smallest absolute Gasteiger partial charge is 0.224 e. The highest BCUT2D eigenvalue weighted by molar-refractivity contribution is 7.91. The highest BCUT2D eigenvalue weighted by Gasteiger charge is 2.30. The molecule has 1 heterocycles. The van der Waals surface area contributed by atoms with E-state index in [-0.39, 0.29) is 23.5 Å². The van der Waals surface area contributed by atoms with Crippen molar-refractivity contribution in [2.24, 2.45) is 5.92 Å². The molecule has 1 saturated carbocycles. The zero-order chi connectivity index (χ0) is 13.2. The Hall–Kier alpha value is -0.620. The van der Waals surface area contributed by atoms with Crippen LogP contribution in [0, 0.1) is 5.92 Å². The molecular formula is C12H22N2O3S. The van der Waals surface area contributed by atoms with Crippen molar-refractivity contribution in [1.82, 2.24) is 10.2 Å². The lowest BCUT2D eigenvalue weighted by molar-refractivity contribution is -0.131. The van der Waals surface area contributed by atoms with Gasteiger partial charge in [-0.05, 0) is 25.7 Å². The van der Waals surface area contributed by atoms with E-state index in [9.17, 15) is 13.2 Å². The molecule has 6 heteroatoms. The van der Waals surface area contributed by atoms with Gasteiger partial charge in [0.2, 0.25) is 5.91 Å². The maximum absolute atomic E-state index is 12.1. The van der Waals surface area contributed by atoms with E-state index < -0.39 is 9.84 Å². The van der Waals surface area contributed by atoms with Crippen LogP contribution in [-0.2, 0) is 14.6 Å². The number of nitrogens with zero attached hydrogens (tertiary/aromatic N) is 1. The quantitative estimate of drug-likeness (QED) is 0.767. The third-order valence-corrected chi connectivity index (χ3v) is 5.37. The first-order valence-corrected chi connectivity index (χ1v) is 8.54. The van der Waals surface area contributed by atoms with E-state index in [1.54, 1.807) is 0 Å². The summed E-state index contributed by atoms with van der Waals surface area (Å²) < 4.78 is 23.0. The monoisotopic (exact) mass is 274 g/mol. The summed E-state index contributed by atoms with van der Waals surface area (Å²) in [5, 5.41) is 3.13. The van der Waals surface area contributed by atoms with Crippen molar-refractivity contribution in [3.63, 3.8) is 0 Å². The van der Waals surface area contributed by atoms with Crippen LogP contribution in [0.5, 0.6) is 0 Å². The molecule has 104 valence electrons. The summed E-state index contributed by atoms with van der Waals surface area (Å²) in [7, 11) is -2.95. The average molecular weight is 274 g/mol. The van der Waals surface area contributed by atoms with E-state index in [0.29, 0.717) is 18.9 Å². The summed E-state index contributed by atoms with van der Waals surface area (Å²) in [4.78, 5) is 14.0. The summed E-state index contributed by atoms with van der Waals surface area (Å²) in [6, 6.07) is -0.204. The topological polar surface area (TPSA) is 66.5 Å². The summed E-state index contributed by atoms with van der Waals surface area (Å²) in [6.45, 7) is 4.00. The molecular weight excluding hydrogens is 252 g/mol. The van der Waals surface area contributed by atoms with E-state index in [1.165, 1.54) is 12.8 Å². The first-order chi connectivity index (χ1) is 8.50. The van der Waals surface area contributed by atoms with Gasteiger partial charge in [0, 0.05) is 32.1 Å². The maximum atomic E-state index is 12.1. The van der Waals surface area contributed by atoms with Crippen LogP contribution in [0.2, 0.25) is 0 Å². The molecule has 0 aromatic heterocycles. The number of amides is 1. The van der Waals surface area contributed by atoms with Gasteiger partial charge in [0.25, 0.3) is 0 Å². The highest BCUT2D eigenvalue weighted by Crippen LogP contribution is 2.29. The average Bonchev–Trinajstić information content (AvgIpc) is 3.08. The van der Waals surface area contributed by atoms with Gasteiger partial charge in [-0.3, -0.25) is 4.79 Å². The molecule has 0 bridgehead atoms. The Balaban J connectivity index is 1.85. The first kappa shape index (κ1) is 13.8. The summed E-state index contributed by atoms with van der Waals surface area (Å²) >= 11 is 0. The molecule has 1 aliphatic carbocycles. The van der Waals surface area contributed by atoms with Crippen molar-refractivity contribution < 1.29 is 13.2 Å². The third kappa shape index (κ3) is 3.95. The number of carbonyl (C=O) groups is 1. The predicted octanol–water partition coefficient (Wildman–Crippen LogP) is 0.0216. The Morgan fingerprint density at radius 2 is 2.11 bits per heavy atom. The molecule has 0 aromatic carbocycles. The minimum absolute atomic E-state index is 0.0824. The van der Waals surface area contributed by atoms with Crippen LogP contribution in [0.4, 0.5) is 0 Å². The van der Waals surface area contributed by atoms with Gasteiger partial charge in [0.05, 0.1) is 11.5 Å². The van der Waals surface area contributed by atoms with Crippen molar-refractivity contribution in [2.75, 3.05) is 31.1 Å². The molecule has 1 saturated heterocycles. The molecule has 0 spiro atoms. The number of sulfone groups is 1. The molecule has 1 atom stereocenters. The molecule has 1 unspecified atom stereocenters. The van der Waals surface area contributed by atoms with Gasteiger partial charge in [-0.2, -0.15) is 0 Å². The Morgan fingerprint density at radius 1 is 1.39 bits per heavy atom. The van der Waals surface area contributed by atoms with E-state index in [2.05, 4.69) is 5.32 Å². The van der Waals surface area contributed by atoms with Crippen molar-refractivity contribution in [1.29, 1.82) is 0 Å². The SMILES string of the molecule is CCN(CC1CC1)C(=O)CC1CS(=O)(=O)CCN1. The zero-order valence-electron chi connectivity index (χ0n) is 10.9. The minimum Gasteiger partial charge on any atom is -0.343 e. The van der Waals surface area contributed by atoms with Crippen LogP contribution in [0.3, 0.4) is 0 Å².